The van der Waals surface area contributed by atoms with E-state index in [0.29, 0.717) is 12.2 Å². The molecule has 1 aliphatic heterocycles. The standard InChI is InChI=1S/C12H21NO3/c1-10-9-13(8-6-11(10)14)7-4-2-3-5-12(15)16/h10H,2-9H2,1H3,(H,15,16). The summed E-state index contributed by atoms with van der Waals surface area (Å²) in [5.74, 6) is -0.160. The number of unbranched alkanes of at least 4 members (excludes halogenated alkanes) is 2. The second-order valence-electron chi connectivity index (χ2n) is 4.62. The molecule has 92 valence electrons. The fraction of sp³-hybridized carbons (Fsp3) is 0.833. The monoisotopic (exact) mass is 227 g/mol. The first-order chi connectivity index (χ1) is 7.59. The van der Waals surface area contributed by atoms with Crippen LogP contribution in [0.5, 0.6) is 0 Å². The highest BCUT2D eigenvalue weighted by atomic mass is 16.4. The summed E-state index contributed by atoms with van der Waals surface area (Å²) in [4.78, 5) is 23.9. The van der Waals surface area contributed by atoms with Crippen LogP contribution in [0.3, 0.4) is 0 Å². The number of carbonyl (C=O) groups is 2. The number of hydrogen-bond acceptors (Lipinski definition) is 3. The van der Waals surface area contributed by atoms with Crippen LogP contribution in [0.25, 0.3) is 0 Å². The molecule has 16 heavy (non-hydrogen) atoms. The molecule has 1 N–H and O–H groups in total. The van der Waals surface area contributed by atoms with E-state index in [1.807, 2.05) is 6.92 Å². The Hall–Kier alpha value is -0.900. The summed E-state index contributed by atoms with van der Waals surface area (Å²) in [7, 11) is 0. The zero-order valence-corrected chi connectivity index (χ0v) is 9.95. The molecule has 1 aliphatic rings. The van der Waals surface area contributed by atoms with Gasteiger partial charge in [-0.25, -0.2) is 0 Å². The molecule has 0 bridgehead atoms. The Morgan fingerprint density at radius 1 is 1.44 bits per heavy atom. The Morgan fingerprint density at radius 3 is 2.81 bits per heavy atom. The van der Waals surface area contributed by atoms with Crippen LogP contribution in [0.1, 0.15) is 39.0 Å². The van der Waals surface area contributed by atoms with Crippen LogP contribution in [-0.2, 0) is 9.59 Å². The van der Waals surface area contributed by atoms with Gasteiger partial charge in [0.1, 0.15) is 5.78 Å². The summed E-state index contributed by atoms with van der Waals surface area (Å²) < 4.78 is 0. The summed E-state index contributed by atoms with van der Waals surface area (Å²) in [6, 6.07) is 0. The Labute approximate surface area is 96.6 Å². The average Bonchev–Trinajstić information content (AvgIpc) is 2.22. The molecule has 1 unspecified atom stereocenters. The molecule has 1 rings (SSSR count). The maximum absolute atomic E-state index is 11.3. The van der Waals surface area contributed by atoms with Crippen molar-refractivity contribution in [1.82, 2.24) is 4.90 Å². The van der Waals surface area contributed by atoms with Gasteiger partial charge in [0.2, 0.25) is 0 Å². The molecular formula is C12H21NO3. The lowest BCUT2D eigenvalue weighted by atomic mass is 9.98. The number of hydrogen-bond donors (Lipinski definition) is 1. The van der Waals surface area contributed by atoms with Crippen LogP contribution < -0.4 is 0 Å². The van der Waals surface area contributed by atoms with Gasteiger partial charge in [-0.3, -0.25) is 9.59 Å². The van der Waals surface area contributed by atoms with Crippen molar-refractivity contribution >= 4 is 11.8 Å². The normalized spacial score (nSPS) is 22.3. The van der Waals surface area contributed by atoms with Crippen LogP contribution in [-0.4, -0.2) is 41.4 Å². The zero-order chi connectivity index (χ0) is 12.0. The Bertz CT molecular complexity index is 253. The van der Waals surface area contributed by atoms with E-state index in [-0.39, 0.29) is 12.3 Å². The third kappa shape index (κ3) is 4.75. The number of piperidine rings is 1. The van der Waals surface area contributed by atoms with Gasteiger partial charge in [0.25, 0.3) is 0 Å². The highest BCUT2D eigenvalue weighted by Gasteiger charge is 2.22. The van der Waals surface area contributed by atoms with Crippen molar-refractivity contribution in [3.63, 3.8) is 0 Å². The van der Waals surface area contributed by atoms with Crippen molar-refractivity contribution in [2.45, 2.75) is 39.0 Å². The van der Waals surface area contributed by atoms with Crippen molar-refractivity contribution in [2.24, 2.45) is 5.92 Å². The van der Waals surface area contributed by atoms with Crippen molar-refractivity contribution in [3.05, 3.63) is 0 Å². The molecule has 1 saturated heterocycles. The van der Waals surface area contributed by atoms with E-state index >= 15 is 0 Å². The number of carbonyl (C=O) groups excluding carboxylic acids is 1. The summed E-state index contributed by atoms with van der Waals surface area (Å²) in [5.41, 5.74) is 0. The van der Waals surface area contributed by atoms with E-state index in [1.54, 1.807) is 0 Å². The minimum absolute atomic E-state index is 0.174. The van der Waals surface area contributed by atoms with Gasteiger partial charge in [-0.2, -0.15) is 0 Å². The number of rotatable bonds is 6. The smallest absolute Gasteiger partial charge is 0.303 e. The number of ketones is 1. The minimum atomic E-state index is -0.711. The highest BCUT2D eigenvalue weighted by molar-refractivity contribution is 5.81. The van der Waals surface area contributed by atoms with Gasteiger partial charge in [0.05, 0.1) is 0 Å². The molecular weight excluding hydrogens is 206 g/mol. The SMILES string of the molecule is CC1CN(CCCCCC(=O)O)CCC1=O. The summed E-state index contributed by atoms with van der Waals surface area (Å²) in [6.07, 6.45) is 3.71. The van der Waals surface area contributed by atoms with Crippen molar-refractivity contribution in [2.75, 3.05) is 19.6 Å². The van der Waals surface area contributed by atoms with E-state index < -0.39 is 5.97 Å². The van der Waals surface area contributed by atoms with Crippen LogP contribution in [0, 0.1) is 5.92 Å². The lowest BCUT2D eigenvalue weighted by molar-refractivity contribution is -0.137. The molecule has 4 nitrogen and oxygen atoms in total. The van der Waals surface area contributed by atoms with Crippen LogP contribution in [0.2, 0.25) is 0 Å². The summed E-state index contributed by atoms with van der Waals surface area (Å²) >= 11 is 0. The Balaban J connectivity index is 2.05. The van der Waals surface area contributed by atoms with E-state index in [9.17, 15) is 9.59 Å². The minimum Gasteiger partial charge on any atom is -0.481 e. The van der Waals surface area contributed by atoms with Gasteiger partial charge in [0, 0.05) is 31.8 Å². The first-order valence-electron chi connectivity index (χ1n) is 6.06. The third-order valence-corrected chi connectivity index (χ3v) is 3.12. The molecule has 0 aliphatic carbocycles. The Kier molecular flexibility index (Phi) is 5.46. The quantitative estimate of drug-likeness (QED) is 0.699. The molecule has 0 aromatic rings. The number of carboxylic acid groups (broad SMARTS) is 1. The largest absolute Gasteiger partial charge is 0.481 e. The highest BCUT2D eigenvalue weighted by Crippen LogP contribution is 2.13. The molecule has 1 fully saturated rings. The molecule has 4 heteroatoms. The van der Waals surface area contributed by atoms with Gasteiger partial charge < -0.3 is 10.0 Å². The van der Waals surface area contributed by atoms with Gasteiger partial charge >= 0.3 is 5.97 Å². The summed E-state index contributed by atoms with van der Waals surface area (Å²) in [5, 5.41) is 8.48. The van der Waals surface area contributed by atoms with Crippen molar-refractivity contribution < 1.29 is 14.7 Å². The Morgan fingerprint density at radius 2 is 2.19 bits per heavy atom. The molecule has 1 heterocycles. The predicted molar refractivity (Wildman–Crippen MR) is 61.3 cm³/mol. The van der Waals surface area contributed by atoms with Crippen LogP contribution >= 0.6 is 0 Å². The number of carboxylic acids is 1. The first kappa shape index (κ1) is 13.2. The molecule has 0 saturated carbocycles. The van der Waals surface area contributed by atoms with Crippen LogP contribution in [0.15, 0.2) is 0 Å². The lowest BCUT2D eigenvalue weighted by Gasteiger charge is -2.29. The molecule has 0 radical (unpaired) electrons. The molecule has 1 atom stereocenters. The summed E-state index contributed by atoms with van der Waals surface area (Å²) in [6.45, 7) is 4.73. The first-order valence-corrected chi connectivity index (χ1v) is 6.06. The van der Waals surface area contributed by atoms with E-state index in [2.05, 4.69) is 4.90 Å². The van der Waals surface area contributed by atoms with Crippen LogP contribution in [0.4, 0.5) is 0 Å². The number of aliphatic carboxylic acids is 1. The molecule has 0 aromatic heterocycles. The van der Waals surface area contributed by atoms with Gasteiger partial charge in [-0.05, 0) is 19.4 Å². The number of likely N-dealkylation sites (tertiary alicyclic amines) is 1. The number of nitrogens with zero attached hydrogens (tertiary/aromatic N) is 1. The third-order valence-electron chi connectivity index (χ3n) is 3.12. The van der Waals surface area contributed by atoms with Crippen molar-refractivity contribution in [3.8, 4) is 0 Å². The van der Waals surface area contributed by atoms with E-state index in [0.717, 1.165) is 38.9 Å². The second kappa shape index (κ2) is 6.63. The van der Waals surface area contributed by atoms with E-state index in [4.69, 9.17) is 5.11 Å². The maximum atomic E-state index is 11.3. The fourth-order valence-corrected chi connectivity index (χ4v) is 2.09. The maximum Gasteiger partial charge on any atom is 0.303 e. The fourth-order valence-electron chi connectivity index (χ4n) is 2.09. The van der Waals surface area contributed by atoms with Gasteiger partial charge in [-0.1, -0.05) is 13.3 Å². The molecule has 0 spiro atoms. The predicted octanol–water partition coefficient (Wildman–Crippen LogP) is 1.54. The van der Waals surface area contributed by atoms with Gasteiger partial charge in [-0.15, -0.1) is 0 Å². The number of Topliss-reactive ketones (excluding diaryl/α,β-unsaturated/α-hetero) is 1. The van der Waals surface area contributed by atoms with E-state index in [1.165, 1.54) is 0 Å². The van der Waals surface area contributed by atoms with Gasteiger partial charge in [0.15, 0.2) is 0 Å². The van der Waals surface area contributed by atoms with Crippen molar-refractivity contribution in [1.29, 1.82) is 0 Å². The average molecular weight is 227 g/mol. The molecule has 0 aromatic carbocycles. The lowest BCUT2D eigenvalue weighted by Crippen LogP contribution is -2.39. The topological polar surface area (TPSA) is 57.6 Å². The zero-order valence-electron chi connectivity index (χ0n) is 9.95. The molecule has 0 amide bonds. The second-order valence-corrected chi connectivity index (χ2v) is 4.62.